The van der Waals surface area contributed by atoms with E-state index in [9.17, 15) is 14.4 Å². The first kappa shape index (κ1) is 16.7. The van der Waals surface area contributed by atoms with E-state index in [1.807, 2.05) is 12.1 Å². The summed E-state index contributed by atoms with van der Waals surface area (Å²) in [5, 5.41) is 2.49. The fraction of sp³-hybridized carbons (Fsp3) is 0.400. The van der Waals surface area contributed by atoms with Crippen molar-refractivity contribution in [1.82, 2.24) is 10.2 Å². The summed E-state index contributed by atoms with van der Waals surface area (Å²) in [5.74, 6) is -1.14. The number of rotatable bonds is 5. The molecule has 1 fully saturated rings. The van der Waals surface area contributed by atoms with Crippen LogP contribution < -0.4 is 5.32 Å². The molecule has 0 saturated carbocycles. The lowest BCUT2D eigenvalue weighted by atomic mass is 10.2. The topological polar surface area (TPSA) is 75.7 Å². The maximum atomic E-state index is 11.9. The molecule has 0 bridgehead atoms. The summed E-state index contributed by atoms with van der Waals surface area (Å²) in [6, 6.07) is 7.07. The average Bonchev–Trinajstić information content (AvgIpc) is 3.05. The first-order valence-corrected chi connectivity index (χ1v) is 8.12. The van der Waals surface area contributed by atoms with Crippen LogP contribution >= 0.6 is 22.6 Å². The van der Waals surface area contributed by atoms with Crippen molar-refractivity contribution in [3.63, 3.8) is 0 Å². The Bertz CT molecular complexity index is 570. The van der Waals surface area contributed by atoms with E-state index in [2.05, 4.69) is 27.9 Å². The van der Waals surface area contributed by atoms with Gasteiger partial charge in [-0.3, -0.25) is 14.4 Å². The molecule has 2 rings (SSSR count). The number of halogens is 1. The second-order valence-corrected chi connectivity index (χ2v) is 6.07. The molecule has 0 aliphatic carbocycles. The molecule has 1 N–H and O–H groups in total. The summed E-state index contributed by atoms with van der Waals surface area (Å²) in [5.41, 5.74) is 0.504. The van der Waals surface area contributed by atoms with Gasteiger partial charge in [0.25, 0.3) is 11.8 Å². The van der Waals surface area contributed by atoms with Gasteiger partial charge in [-0.25, -0.2) is 0 Å². The molecule has 0 radical (unpaired) electrons. The molecule has 1 aliphatic heterocycles. The van der Waals surface area contributed by atoms with E-state index in [1.165, 1.54) is 0 Å². The molecular formula is C15H17IN2O4. The largest absolute Gasteiger partial charge is 0.454 e. The Morgan fingerprint density at radius 2 is 1.86 bits per heavy atom. The number of carbonyl (C=O) groups is 3. The lowest BCUT2D eigenvalue weighted by molar-refractivity contribution is -0.150. The van der Waals surface area contributed by atoms with Crippen molar-refractivity contribution in [3.05, 3.63) is 33.4 Å². The van der Waals surface area contributed by atoms with Crippen molar-refractivity contribution in [2.45, 2.75) is 12.8 Å². The zero-order chi connectivity index (χ0) is 15.9. The highest BCUT2D eigenvalue weighted by molar-refractivity contribution is 14.1. The van der Waals surface area contributed by atoms with Crippen LogP contribution in [0.5, 0.6) is 0 Å². The summed E-state index contributed by atoms with van der Waals surface area (Å²) in [7, 11) is 0. The number of nitrogens with one attached hydrogen (secondary N) is 1. The first-order valence-electron chi connectivity index (χ1n) is 7.04. The van der Waals surface area contributed by atoms with Crippen LogP contribution in [0.25, 0.3) is 0 Å². The van der Waals surface area contributed by atoms with Crippen LogP contribution in [0.1, 0.15) is 23.2 Å². The van der Waals surface area contributed by atoms with Gasteiger partial charge in [-0.2, -0.15) is 0 Å². The first-order chi connectivity index (χ1) is 10.6. The molecule has 1 aromatic rings. The van der Waals surface area contributed by atoms with E-state index in [1.54, 1.807) is 17.0 Å². The number of benzene rings is 1. The maximum absolute atomic E-state index is 11.9. The summed E-state index contributed by atoms with van der Waals surface area (Å²) in [4.78, 5) is 36.9. The van der Waals surface area contributed by atoms with Crippen molar-refractivity contribution in [1.29, 1.82) is 0 Å². The number of hydrogen-bond acceptors (Lipinski definition) is 4. The van der Waals surface area contributed by atoms with Gasteiger partial charge in [0.1, 0.15) is 6.54 Å². The van der Waals surface area contributed by atoms with E-state index in [0.29, 0.717) is 5.56 Å². The lowest BCUT2D eigenvalue weighted by Crippen LogP contribution is -2.35. The molecule has 7 heteroatoms. The zero-order valence-electron chi connectivity index (χ0n) is 12.0. The smallest absolute Gasteiger partial charge is 0.325 e. The van der Waals surface area contributed by atoms with Gasteiger partial charge < -0.3 is 15.0 Å². The number of hydrogen-bond donors (Lipinski definition) is 1. The second kappa shape index (κ2) is 8.11. The van der Waals surface area contributed by atoms with Gasteiger partial charge in [0.05, 0.1) is 5.56 Å². The van der Waals surface area contributed by atoms with Crippen LogP contribution in [0.4, 0.5) is 0 Å². The fourth-order valence-electron chi connectivity index (χ4n) is 2.14. The van der Waals surface area contributed by atoms with Crippen LogP contribution in [0.3, 0.4) is 0 Å². The predicted octanol–water partition coefficient (Wildman–Crippen LogP) is 1.19. The third-order valence-corrected chi connectivity index (χ3v) is 4.27. The normalized spacial score (nSPS) is 13.8. The Balaban J connectivity index is 1.72. The molecule has 1 aliphatic rings. The van der Waals surface area contributed by atoms with Crippen molar-refractivity contribution >= 4 is 40.4 Å². The molecule has 6 nitrogen and oxygen atoms in total. The number of nitrogens with zero attached hydrogens (tertiary/aromatic N) is 1. The highest BCUT2D eigenvalue weighted by Crippen LogP contribution is 2.11. The van der Waals surface area contributed by atoms with Crippen molar-refractivity contribution in [2.24, 2.45) is 0 Å². The van der Waals surface area contributed by atoms with Crippen molar-refractivity contribution in [2.75, 3.05) is 26.2 Å². The van der Waals surface area contributed by atoms with Gasteiger partial charge >= 0.3 is 5.97 Å². The van der Waals surface area contributed by atoms with E-state index in [4.69, 9.17) is 4.74 Å². The van der Waals surface area contributed by atoms with E-state index in [0.717, 1.165) is 29.5 Å². The number of carbonyl (C=O) groups excluding carboxylic acids is 3. The van der Waals surface area contributed by atoms with Gasteiger partial charge in [-0.15, -0.1) is 0 Å². The lowest BCUT2D eigenvalue weighted by Gasteiger charge is -2.15. The second-order valence-electron chi connectivity index (χ2n) is 4.91. The Hall–Kier alpha value is -1.64. The van der Waals surface area contributed by atoms with Gasteiger partial charge in [0.2, 0.25) is 0 Å². The molecule has 22 heavy (non-hydrogen) atoms. The third kappa shape index (κ3) is 4.69. The van der Waals surface area contributed by atoms with Gasteiger partial charge in [-0.05, 0) is 47.6 Å². The predicted molar refractivity (Wildman–Crippen MR) is 88.3 cm³/mol. The molecule has 0 unspecified atom stereocenters. The van der Waals surface area contributed by atoms with Crippen LogP contribution in [0, 0.1) is 3.57 Å². The molecule has 1 heterocycles. The maximum Gasteiger partial charge on any atom is 0.325 e. The van der Waals surface area contributed by atoms with Crippen LogP contribution in [-0.4, -0.2) is 48.9 Å². The molecule has 2 amide bonds. The van der Waals surface area contributed by atoms with Gasteiger partial charge in [-0.1, -0.05) is 12.1 Å². The Kier molecular flexibility index (Phi) is 6.17. The average molecular weight is 416 g/mol. The van der Waals surface area contributed by atoms with Crippen LogP contribution in [0.2, 0.25) is 0 Å². The van der Waals surface area contributed by atoms with Crippen molar-refractivity contribution < 1.29 is 19.1 Å². The molecule has 1 aromatic carbocycles. The highest BCUT2D eigenvalue weighted by Gasteiger charge is 2.19. The van der Waals surface area contributed by atoms with Crippen molar-refractivity contribution in [3.8, 4) is 0 Å². The summed E-state index contributed by atoms with van der Waals surface area (Å²) < 4.78 is 5.69. The molecule has 118 valence electrons. The Morgan fingerprint density at radius 3 is 2.55 bits per heavy atom. The minimum atomic E-state index is -0.619. The zero-order valence-corrected chi connectivity index (χ0v) is 14.2. The summed E-state index contributed by atoms with van der Waals surface area (Å²) in [6.45, 7) is 0.924. The Labute approximate surface area is 142 Å². The number of ether oxygens (including phenoxy) is 1. The number of amides is 2. The standard InChI is InChI=1S/C15H17IN2O4/c16-12-6-2-1-5-11(12)15(21)17-9-14(20)22-10-13(19)18-7-3-4-8-18/h1-2,5-6H,3-4,7-10H2,(H,17,21). The summed E-state index contributed by atoms with van der Waals surface area (Å²) >= 11 is 2.05. The molecular weight excluding hydrogens is 399 g/mol. The SMILES string of the molecule is O=C(CNC(=O)c1ccccc1I)OCC(=O)N1CCCC1. The quantitative estimate of drug-likeness (QED) is 0.578. The molecule has 0 aromatic heterocycles. The highest BCUT2D eigenvalue weighted by atomic mass is 127. The monoisotopic (exact) mass is 416 g/mol. The number of esters is 1. The summed E-state index contributed by atoms with van der Waals surface area (Å²) in [6.07, 6.45) is 1.98. The fourth-order valence-corrected chi connectivity index (χ4v) is 2.78. The molecule has 0 atom stereocenters. The minimum Gasteiger partial charge on any atom is -0.454 e. The van der Waals surface area contributed by atoms with E-state index >= 15 is 0 Å². The van der Waals surface area contributed by atoms with Gasteiger partial charge in [0.15, 0.2) is 6.61 Å². The van der Waals surface area contributed by atoms with E-state index < -0.39 is 5.97 Å². The van der Waals surface area contributed by atoms with Crippen LogP contribution in [0.15, 0.2) is 24.3 Å². The molecule has 1 saturated heterocycles. The van der Waals surface area contributed by atoms with Crippen LogP contribution in [-0.2, 0) is 14.3 Å². The minimum absolute atomic E-state index is 0.185. The molecule has 0 spiro atoms. The van der Waals surface area contributed by atoms with E-state index in [-0.39, 0.29) is 25.0 Å². The third-order valence-electron chi connectivity index (χ3n) is 3.33. The Morgan fingerprint density at radius 1 is 1.18 bits per heavy atom. The number of likely N-dealkylation sites (tertiary alicyclic amines) is 1. The van der Waals surface area contributed by atoms with Gasteiger partial charge in [0, 0.05) is 16.7 Å².